The molecule has 0 spiro atoms. The standard InChI is InChI=1S/C8H14N2/c1-4-6-8(9-3)10-7-5-2/h5,7H,2,4,6H2,1,3H3. The Balaban J connectivity index is 3.84. The van der Waals surface area contributed by atoms with E-state index in [0.29, 0.717) is 0 Å². The second kappa shape index (κ2) is 6.20. The van der Waals surface area contributed by atoms with Crippen molar-refractivity contribution in [2.24, 2.45) is 9.98 Å². The first-order valence-electron chi connectivity index (χ1n) is 3.45. The molecule has 0 aliphatic carbocycles. The van der Waals surface area contributed by atoms with Crippen molar-refractivity contribution in [3.05, 3.63) is 12.7 Å². The molecule has 0 aromatic heterocycles. The van der Waals surface area contributed by atoms with Crippen molar-refractivity contribution in [3.63, 3.8) is 0 Å². The Morgan fingerprint density at radius 3 is 2.70 bits per heavy atom. The van der Waals surface area contributed by atoms with Gasteiger partial charge < -0.3 is 0 Å². The smallest absolute Gasteiger partial charge is 0.122 e. The number of hydrogen-bond acceptors (Lipinski definition) is 1. The summed E-state index contributed by atoms with van der Waals surface area (Å²) in [4.78, 5) is 8.04. The van der Waals surface area contributed by atoms with Gasteiger partial charge in [-0.05, 0) is 6.42 Å². The lowest BCUT2D eigenvalue weighted by Gasteiger charge is -1.92. The van der Waals surface area contributed by atoms with Gasteiger partial charge in [0.25, 0.3) is 0 Å². The predicted molar refractivity (Wildman–Crippen MR) is 47.0 cm³/mol. The molecule has 0 saturated heterocycles. The summed E-state index contributed by atoms with van der Waals surface area (Å²) in [6.07, 6.45) is 5.35. The van der Waals surface area contributed by atoms with Crippen molar-refractivity contribution in [1.82, 2.24) is 0 Å². The fraction of sp³-hybridized carbons (Fsp3) is 0.500. The summed E-state index contributed by atoms with van der Waals surface area (Å²) in [6.45, 7) is 5.63. The van der Waals surface area contributed by atoms with Crippen LogP contribution in [0.2, 0.25) is 0 Å². The summed E-state index contributed by atoms with van der Waals surface area (Å²) >= 11 is 0. The number of amidine groups is 1. The Morgan fingerprint density at radius 2 is 2.30 bits per heavy atom. The van der Waals surface area contributed by atoms with Crippen molar-refractivity contribution in [1.29, 1.82) is 0 Å². The topological polar surface area (TPSA) is 24.7 Å². The summed E-state index contributed by atoms with van der Waals surface area (Å²) in [5.41, 5.74) is 0. The minimum atomic E-state index is 0.891. The molecular weight excluding hydrogens is 124 g/mol. The molecule has 0 N–H and O–H groups in total. The van der Waals surface area contributed by atoms with Crippen molar-refractivity contribution >= 4 is 12.1 Å². The van der Waals surface area contributed by atoms with Crippen LogP contribution in [-0.4, -0.2) is 19.1 Å². The monoisotopic (exact) mass is 138 g/mol. The minimum Gasteiger partial charge on any atom is -0.274 e. The molecule has 0 atom stereocenters. The van der Waals surface area contributed by atoms with E-state index in [1.807, 2.05) is 0 Å². The molecule has 2 heteroatoms. The molecule has 0 radical (unpaired) electrons. The molecule has 0 bridgehead atoms. The molecular formula is C8H14N2. The van der Waals surface area contributed by atoms with Crippen LogP contribution in [0.1, 0.15) is 19.8 Å². The van der Waals surface area contributed by atoms with E-state index in [9.17, 15) is 0 Å². The number of nitrogens with zero attached hydrogens (tertiary/aromatic N) is 2. The van der Waals surface area contributed by atoms with E-state index in [-0.39, 0.29) is 0 Å². The van der Waals surface area contributed by atoms with Gasteiger partial charge in [0.05, 0.1) is 0 Å². The maximum absolute atomic E-state index is 4.06. The first kappa shape index (κ1) is 9.08. The van der Waals surface area contributed by atoms with Gasteiger partial charge in [0.2, 0.25) is 0 Å². The zero-order valence-electron chi connectivity index (χ0n) is 6.67. The van der Waals surface area contributed by atoms with Gasteiger partial charge in [-0.2, -0.15) is 0 Å². The molecule has 0 fully saturated rings. The summed E-state index contributed by atoms with van der Waals surface area (Å²) in [7, 11) is 1.76. The maximum atomic E-state index is 4.06. The van der Waals surface area contributed by atoms with Crippen LogP contribution in [0.25, 0.3) is 0 Å². The van der Waals surface area contributed by atoms with Crippen LogP contribution in [-0.2, 0) is 0 Å². The Morgan fingerprint density at radius 1 is 1.60 bits per heavy atom. The highest BCUT2D eigenvalue weighted by atomic mass is 14.9. The lowest BCUT2D eigenvalue weighted by Crippen LogP contribution is -1.92. The minimum absolute atomic E-state index is 0.891. The lowest BCUT2D eigenvalue weighted by molar-refractivity contribution is 0.980. The third-order valence-electron chi connectivity index (χ3n) is 1.06. The summed E-state index contributed by atoms with van der Waals surface area (Å²) in [6, 6.07) is 0. The number of allylic oxidation sites excluding steroid dienone is 1. The summed E-state index contributed by atoms with van der Waals surface area (Å²) in [5, 5.41) is 0. The summed E-state index contributed by atoms with van der Waals surface area (Å²) in [5.74, 6) is 0.891. The average Bonchev–Trinajstić information content (AvgIpc) is 1.98. The highest BCUT2D eigenvalue weighted by Gasteiger charge is 1.88. The van der Waals surface area contributed by atoms with E-state index in [0.717, 1.165) is 18.7 Å². The Kier molecular flexibility index (Phi) is 5.63. The first-order valence-corrected chi connectivity index (χ1v) is 3.45. The van der Waals surface area contributed by atoms with Crippen LogP contribution in [0.15, 0.2) is 22.6 Å². The Hall–Kier alpha value is -0.920. The van der Waals surface area contributed by atoms with Crippen LogP contribution in [0.3, 0.4) is 0 Å². The molecule has 0 rings (SSSR count). The van der Waals surface area contributed by atoms with Gasteiger partial charge in [0.15, 0.2) is 0 Å². The van der Waals surface area contributed by atoms with Crippen LogP contribution in [0.5, 0.6) is 0 Å². The zero-order chi connectivity index (χ0) is 7.82. The molecule has 10 heavy (non-hydrogen) atoms. The van der Waals surface area contributed by atoms with Crippen LogP contribution < -0.4 is 0 Å². The number of rotatable bonds is 3. The van der Waals surface area contributed by atoms with Gasteiger partial charge in [-0.3, -0.25) is 4.99 Å². The largest absolute Gasteiger partial charge is 0.274 e. The van der Waals surface area contributed by atoms with Gasteiger partial charge >= 0.3 is 0 Å². The Bertz CT molecular complexity index is 145. The van der Waals surface area contributed by atoms with Crippen molar-refractivity contribution in [2.45, 2.75) is 19.8 Å². The fourth-order valence-corrected chi connectivity index (χ4v) is 0.596. The fourth-order valence-electron chi connectivity index (χ4n) is 0.596. The van der Waals surface area contributed by atoms with E-state index >= 15 is 0 Å². The quantitative estimate of drug-likeness (QED) is 0.421. The first-order chi connectivity index (χ1) is 4.85. The highest BCUT2D eigenvalue weighted by molar-refractivity contribution is 5.91. The average molecular weight is 138 g/mol. The van der Waals surface area contributed by atoms with Crippen LogP contribution in [0.4, 0.5) is 0 Å². The second-order valence-corrected chi connectivity index (χ2v) is 1.90. The molecule has 56 valence electrons. The van der Waals surface area contributed by atoms with E-state index in [4.69, 9.17) is 0 Å². The van der Waals surface area contributed by atoms with Crippen molar-refractivity contribution in [2.75, 3.05) is 7.05 Å². The molecule has 0 aromatic carbocycles. The lowest BCUT2D eigenvalue weighted by atomic mass is 10.3. The molecule has 0 aromatic rings. The molecule has 0 aliphatic rings. The third kappa shape index (κ3) is 4.01. The number of aliphatic imine (C=N–C) groups is 2. The SMILES string of the molecule is C=CC=NC(CCC)=NC. The Labute approximate surface area is 62.4 Å². The van der Waals surface area contributed by atoms with Crippen molar-refractivity contribution < 1.29 is 0 Å². The van der Waals surface area contributed by atoms with Crippen molar-refractivity contribution in [3.8, 4) is 0 Å². The summed E-state index contributed by atoms with van der Waals surface area (Å²) < 4.78 is 0. The normalized spacial score (nSPS) is 12.4. The van der Waals surface area contributed by atoms with E-state index < -0.39 is 0 Å². The molecule has 0 amide bonds. The second-order valence-electron chi connectivity index (χ2n) is 1.90. The molecule has 2 nitrogen and oxygen atoms in total. The molecule has 0 unspecified atom stereocenters. The zero-order valence-corrected chi connectivity index (χ0v) is 6.67. The maximum Gasteiger partial charge on any atom is 0.122 e. The predicted octanol–water partition coefficient (Wildman–Crippen LogP) is 2.07. The molecule has 0 aliphatic heterocycles. The third-order valence-corrected chi connectivity index (χ3v) is 1.06. The van der Waals surface area contributed by atoms with E-state index in [2.05, 4.69) is 23.5 Å². The van der Waals surface area contributed by atoms with Crippen LogP contribution >= 0.6 is 0 Å². The van der Waals surface area contributed by atoms with Gasteiger partial charge in [-0.25, -0.2) is 4.99 Å². The van der Waals surface area contributed by atoms with Gasteiger partial charge in [-0.1, -0.05) is 19.6 Å². The van der Waals surface area contributed by atoms with Gasteiger partial charge in [0.1, 0.15) is 5.84 Å². The van der Waals surface area contributed by atoms with Gasteiger partial charge in [0, 0.05) is 19.7 Å². The molecule has 0 heterocycles. The highest BCUT2D eigenvalue weighted by Crippen LogP contribution is 1.91. The van der Waals surface area contributed by atoms with Crippen LogP contribution in [0, 0.1) is 0 Å². The van der Waals surface area contributed by atoms with E-state index in [1.165, 1.54) is 0 Å². The van der Waals surface area contributed by atoms with Gasteiger partial charge in [-0.15, -0.1) is 0 Å². The molecule has 0 saturated carbocycles. The number of hydrogen-bond donors (Lipinski definition) is 0. The van der Waals surface area contributed by atoms with E-state index in [1.54, 1.807) is 19.3 Å².